The molecule has 0 amide bonds. The van der Waals surface area contributed by atoms with Gasteiger partial charge < -0.3 is 0 Å². The van der Waals surface area contributed by atoms with Gasteiger partial charge in [0.25, 0.3) is 0 Å². The van der Waals surface area contributed by atoms with Crippen LogP contribution in [0.1, 0.15) is 27.2 Å². The van der Waals surface area contributed by atoms with Crippen LogP contribution in [0.25, 0.3) is 0 Å². The minimum Gasteiger partial charge on any atom is -0.264 e. The topological polar surface area (TPSA) is 63.6 Å². The highest BCUT2D eigenvalue weighted by Gasteiger charge is 2.61. The molecule has 0 spiro atoms. The summed E-state index contributed by atoms with van der Waals surface area (Å²) in [5.41, 5.74) is -0.858. The first-order valence-electron chi connectivity index (χ1n) is 3.34. The predicted octanol–water partition coefficient (Wildman–Crippen LogP) is 0.994. The fourth-order valence-corrected chi connectivity index (χ4v) is 1.92. The van der Waals surface area contributed by atoms with Crippen molar-refractivity contribution in [3.05, 3.63) is 0 Å². The standard InChI is InChI=1S/C6H12O4S/c1-5(2)4-6(5,3)10-11(7,8)9/h4H2,1-3H3,(H,7,8,9). The first-order chi connectivity index (χ1) is 4.66. The Morgan fingerprint density at radius 1 is 1.36 bits per heavy atom. The highest BCUT2D eigenvalue weighted by atomic mass is 32.3. The van der Waals surface area contributed by atoms with Crippen molar-refractivity contribution in [3.63, 3.8) is 0 Å². The molecule has 0 aliphatic heterocycles. The molecule has 1 fully saturated rings. The summed E-state index contributed by atoms with van der Waals surface area (Å²) in [5, 5.41) is 0. The van der Waals surface area contributed by atoms with Gasteiger partial charge in [-0.25, -0.2) is 4.18 Å². The van der Waals surface area contributed by atoms with Crippen molar-refractivity contribution in [1.82, 2.24) is 0 Å². The lowest BCUT2D eigenvalue weighted by Crippen LogP contribution is -2.20. The number of rotatable bonds is 2. The number of hydrogen-bond donors (Lipinski definition) is 1. The Bertz CT molecular complexity index is 266. The molecule has 0 aromatic heterocycles. The lowest BCUT2D eigenvalue weighted by atomic mass is 10.1. The molecule has 1 N–H and O–H groups in total. The van der Waals surface area contributed by atoms with Crippen LogP contribution in [-0.4, -0.2) is 18.6 Å². The van der Waals surface area contributed by atoms with Gasteiger partial charge in [0.1, 0.15) is 0 Å². The Morgan fingerprint density at radius 3 is 1.82 bits per heavy atom. The normalized spacial score (nSPS) is 35.3. The van der Waals surface area contributed by atoms with Crippen molar-refractivity contribution < 1.29 is 17.2 Å². The van der Waals surface area contributed by atoms with Crippen LogP contribution in [0.3, 0.4) is 0 Å². The summed E-state index contributed by atoms with van der Waals surface area (Å²) in [6.07, 6.45) is 0.653. The van der Waals surface area contributed by atoms with Crippen LogP contribution in [0.2, 0.25) is 0 Å². The molecule has 0 aromatic rings. The Hall–Kier alpha value is -0.130. The van der Waals surface area contributed by atoms with Gasteiger partial charge in [0, 0.05) is 0 Å². The summed E-state index contributed by atoms with van der Waals surface area (Å²) in [5.74, 6) is 0. The van der Waals surface area contributed by atoms with E-state index in [0.29, 0.717) is 6.42 Å². The molecule has 1 saturated carbocycles. The fraction of sp³-hybridized carbons (Fsp3) is 1.00. The maximum atomic E-state index is 10.3. The molecule has 0 aromatic carbocycles. The minimum absolute atomic E-state index is 0.150. The van der Waals surface area contributed by atoms with E-state index >= 15 is 0 Å². The van der Waals surface area contributed by atoms with Crippen LogP contribution < -0.4 is 0 Å². The molecule has 1 aliphatic rings. The Labute approximate surface area is 66.5 Å². The smallest absolute Gasteiger partial charge is 0.264 e. The molecule has 0 heterocycles. The number of hydrogen-bond acceptors (Lipinski definition) is 3. The van der Waals surface area contributed by atoms with Crippen molar-refractivity contribution in [1.29, 1.82) is 0 Å². The van der Waals surface area contributed by atoms with Crippen molar-refractivity contribution in [2.24, 2.45) is 5.41 Å². The van der Waals surface area contributed by atoms with Crippen LogP contribution in [-0.2, 0) is 14.6 Å². The molecule has 0 radical (unpaired) electrons. The van der Waals surface area contributed by atoms with Crippen LogP contribution in [0, 0.1) is 5.41 Å². The summed E-state index contributed by atoms with van der Waals surface area (Å²) < 4.78 is 33.5. The maximum Gasteiger partial charge on any atom is 0.397 e. The third kappa shape index (κ3) is 1.72. The zero-order valence-corrected chi connectivity index (χ0v) is 7.60. The zero-order chi connectivity index (χ0) is 8.91. The van der Waals surface area contributed by atoms with E-state index < -0.39 is 16.0 Å². The van der Waals surface area contributed by atoms with E-state index in [1.165, 1.54) is 0 Å². The molecular formula is C6H12O4S. The van der Waals surface area contributed by atoms with E-state index in [4.69, 9.17) is 4.55 Å². The molecule has 1 rings (SSSR count). The molecule has 5 heteroatoms. The summed E-state index contributed by atoms with van der Waals surface area (Å²) in [6.45, 7) is 5.44. The third-order valence-electron chi connectivity index (χ3n) is 2.38. The largest absolute Gasteiger partial charge is 0.397 e. The van der Waals surface area contributed by atoms with Gasteiger partial charge in [0.2, 0.25) is 0 Å². The van der Waals surface area contributed by atoms with Crippen molar-refractivity contribution in [2.45, 2.75) is 32.8 Å². The molecule has 1 unspecified atom stereocenters. The monoisotopic (exact) mass is 180 g/mol. The molecule has 0 saturated heterocycles. The highest BCUT2D eigenvalue weighted by Crippen LogP contribution is 2.58. The maximum absolute atomic E-state index is 10.3. The molecule has 4 nitrogen and oxygen atoms in total. The second-order valence-corrected chi connectivity index (χ2v) is 4.82. The minimum atomic E-state index is -4.29. The predicted molar refractivity (Wildman–Crippen MR) is 39.4 cm³/mol. The third-order valence-corrected chi connectivity index (χ3v) is 2.95. The average Bonchev–Trinajstić information content (AvgIpc) is 1.96. The van der Waals surface area contributed by atoms with E-state index in [1.807, 2.05) is 13.8 Å². The molecule has 11 heavy (non-hydrogen) atoms. The Kier molecular flexibility index (Phi) is 1.60. The van der Waals surface area contributed by atoms with Crippen molar-refractivity contribution in [2.75, 3.05) is 0 Å². The van der Waals surface area contributed by atoms with Gasteiger partial charge in [0.15, 0.2) is 0 Å². The summed E-state index contributed by atoms with van der Waals surface area (Å²) in [4.78, 5) is 0. The summed E-state index contributed by atoms with van der Waals surface area (Å²) in [6, 6.07) is 0. The molecule has 0 bridgehead atoms. The lowest BCUT2D eigenvalue weighted by Gasteiger charge is -2.11. The van der Waals surface area contributed by atoms with E-state index in [0.717, 1.165) is 0 Å². The SMILES string of the molecule is CC1(C)CC1(C)OS(=O)(=O)O. The van der Waals surface area contributed by atoms with Gasteiger partial charge in [-0.15, -0.1) is 0 Å². The second kappa shape index (κ2) is 1.97. The second-order valence-electron chi connectivity index (χ2n) is 3.80. The zero-order valence-electron chi connectivity index (χ0n) is 6.79. The van der Waals surface area contributed by atoms with E-state index in [1.54, 1.807) is 6.92 Å². The molecule has 66 valence electrons. The van der Waals surface area contributed by atoms with E-state index in [9.17, 15) is 8.42 Å². The van der Waals surface area contributed by atoms with E-state index in [-0.39, 0.29) is 5.41 Å². The van der Waals surface area contributed by atoms with Gasteiger partial charge in [-0.1, -0.05) is 13.8 Å². The van der Waals surface area contributed by atoms with Crippen LogP contribution in [0.5, 0.6) is 0 Å². The first-order valence-corrected chi connectivity index (χ1v) is 4.71. The van der Waals surface area contributed by atoms with Crippen molar-refractivity contribution >= 4 is 10.4 Å². The van der Waals surface area contributed by atoms with Gasteiger partial charge in [-0.2, -0.15) is 8.42 Å². The Morgan fingerprint density at radius 2 is 1.73 bits per heavy atom. The molecule has 1 aliphatic carbocycles. The van der Waals surface area contributed by atoms with E-state index in [2.05, 4.69) is 4.18 Å². The summed E-state index contributed by atoms with van der Waals surface area (Å²) in [7, 11) is -4.29. The van der Waals surface area contributed by atoms with Crippen LogP contribution in [0.4, 0.5) is 0 Å². The van der Waals surface area contributed by atoms with Crippen LogP contribution in [0.15, 0.2) is 0 Å². The first kappa shape index (κ1) is 8.96. The van der Waals surface area contributed by atoms with Crippen molar-refractivity contribution in [3.8, 4) is 0 Å². The highest BCUT2D eigenvalue weighted by molar-refractivity contribution is 7.80. The van der Waals surface area contributed by atoms with Gasteiger partial charge in [-0.05, 0) is 18.8 Å². The summed E-state index contributed by atoms with van der Waals surface area (Å²) >= 11 is 0. The van der Waals surface area contributed by atoms with Crippen LogP contribution >= 0.6 is 0 Å². The fourth-order valence-electron chi connectivity index (χ4n) is 1.17. The lowest BCUT2D eigenvalue weighted by molar-refractivity contribution is 0.143. The molecular weight excluding hydrogens is 168 g/mol. The van der Waals surface area contributed by atoms with Gasteiger partial charge in [0.05, 0.1) is 5.60 Å². The van der Waals surface area contributed by atoms with Gasteiger partial charge in [-0.3, -0.25) is 4.55 Å². The quantitative estimate of drug-likeness (QED) is 0.644. The average molecular weight is 180 g/mol. The van der Waals surface area contributed by atoms with Gasteiger partial charge >= 0.3 is 10.4 Å². The Balaban J connectivity index is 2.68. The molecule has 1 atom stereocenters.